The van der Waals surface area contributed by atoms with E-state index in [-0.39, 0.29) is 18.0 Å². The van der Waals surface area contributed by atoms with Gasteiger partial charge in [-0.3, -0.25) is 9.20 Å². The molecule has 31 heavy (non-hydrogen) atoms. The number of aromatic nitrogens is 3. The second kappa shape index (κ2) is 8.03. The number of hydrogen-bond donors (Lipinski definition) is 2. The first-order valence-electron chi connectivity index (χ1n) is 10.8. The van der Waals surface area contributed by atoms with E-state index >= 15 is 0 Å². The zero-order chi connectivity index (χ0) is 21.4. The number of pyridine rings is 1. The summed E-state index contributed by atoms with van der Waals surface area (Å²) >= 11 is 0. The predicted octanol–water partition coefficient (Wildman–Crippen LogP) is 3.33. The summed E-state index contributed by atoms with van der Waals surface area (Å²) in [4.78, 5) is 24.1. The van der Waals surface area contributed by atoms with Crippen molar-refractivity contribution in [3.63, 3.8) is 0 Å². The van der Waals surface area contributed by atoms with Crippen LogP contribution in [0, 0.1) is 0 Å². The van der Waals surface area contributed by atoms with Crippen LogP contribution in [0.25, 0.3) is 27.9 Å². The molecule has 0 bridgehead atoms. The van der Waals surface area contributed by atoms with Crippen LogP contribution in [0.3, 0.4) is 0 Å². The number of nitrogens with one attached hydrogen (secondary N) is 1. The minimum absolute atomic E-state index is 0.0849. The molecule has 3 aromatic heterocycles. The van der Waals surface area contributed by atoms with Gasteiger partial charge in [0.25, 0.3) is 11.9 Å². The molecule has 0 atom stereocenters. The summed E-state index contributed by atoms with van der Waals surface area (Å²) in [5, 5.41) is 3.20. The second-order valence-electron chi connectivity index (χ2n) is 8.11. The Morgan fingerprint density at radius 3 is 2.84 bits per heavy atom. The van der Waals surface area contributed by atoms with Crippen LogP contribution in [0.1, 0.15) is 36.7 Å². The summed E-state index contributed by atoms with van der Waals surface area (Å²) in [7, 11) is 0. The molecule has 8 heteroatoms. The Morgan fingerprint density at radius 1 is 1.23 bits per heavy atom. The first kappa shape index (κ1) is 19.6. The van der Waals surface area contributed by atoms with Gasteiger partial charge in [-0.1, -0.05) is 13.0 Å². The van der Waals surface area contributed by atoms with Crippen LogP contribution in [0.5, 0.6) is 0 Å². The lowest BCUT2D eigenvalue weighted by Gasteiger charge is -2.32. The van der Waals surface area contributed by atoms with Crippen LogP contribution in [0.4, 0.5) is 6.01 Å². The van der Waals surface area contributed by atoms with E-state index in [1.807, 2.05) is 40.9 Å². The van der Waals surface area contributed by atoms with Crippen molar-refractivity contribution in [2.45, 2.75) is 32.2 Å². The van der Waals surface area contributed by atoms with Crippen molar-refractivity contribution in [3.8, 4) is 11.1 Å². The van der Waals surface area contributed by atoms with Crippen LogP contribution in [-0.4, -0.2) is 50.9 Å². The minimum Gasteiger partial charge on any atom is -0.424 e. The number of anilines is 1. The zero-order valence-electron chi connectivity index (χ0n) is 17.5. The van der Waals surface area contributed by atoms with Crippen molar-refractivity contribution in [1.29, 1.82) is 0 Å². The lowest BCUT2D eigenvalue weighted by atomic mass is 10.0. The second-order valence-corrected chi connectivity index (χ2v) is 8.11. The number of piperidine rings is 1. The fourth-order valence-corrected chi connectivity index (χ4v) is 4.32. The van der Waals surface area contributed by atoms with Crippen LogP contribution in [0.15, 0.2) is 47.1 Å². The third kappa shape index (κ3) is 3.86. The minimum atomic E-state index is -0.0849. The van der Waals surface area contributed by atoms with Crippen LogP contribution >= 0.6 is 0 Å². The first-order valence-corrected chi connectivity index (χ1v) is 10.8. The van der Waals surface area contributed by atoms with Crippen molar-refractivity contribution in [2.24, 2.45) is 0 Å². The van der Waals surface area contributed by atoms with E-state index in [1.54, 1.807) is 6.20 Å². The molecule has 0 unspecified atom stereocenters. The van der Waals surface area contributed by atoms with E-state index in [0.29, 0.717) is 16.8 Å². The molecule has 3 N–H and O–H groups in total. The molecule has 0 saturated carbocycles. The predicted molar refractivity (Wildman–Crippen MR) is 120 cm³/mol. The highest BCUT2D eigenvalue weighted by Gasteiger charge is 2.22. The SMILES string of the molecule is CCCN1CCC(NC(=O)c2cnc3ccc(-c4ccc5oc(N)nc5c4)cn23)CC1. The van der Waals surface area contributed by atoms with Gasteiger partial charge in [0.2, 0.25) is 0 Å². The highest BCUT2D eigenvalue weighted by molar-refractivity contribution is 5.93. The molecule has 0 spiro atoms. The number of imidazole rings is 1. The number of fused-ring (bicyclic) bond motifs is 2. The molecule has 0 radical (unpaired) electrons. The summed E-state index contributed by atoms with van der Waals surface area (Å²) < 4.78 is 7.20. The maximum absolute atomic E-state index is 13.0. The van der Waals surface area contributed by atoms with Gasteiger partial charge in [0, 0.05) is 25.3 Å². The van der Waals surface area contributed by atoms with Crippen LogP contribution in [0.2, 0.25) is 0 Å². The van der Waals surface area contributed by atoms with Crippen molar-refractivity contribution in [1.82, 2.24) is 24.6 Å². The van der Waals surface area contributed by atoms with Gasteiger partial charge < -0.3 is 20.4 Å². The molecule has 1 amide bonds. The van der Waals surface area contributed by atoms with Crippen molar-refractivity contribution < 1.29 is 9.21 Å². The number of carbonyl (C=O) groups excluding carboxylic acids is 1. The smallest absolute Gasteiger partial charge is 0.292 e. The zero-order valence-corrected chi connectivity index (χ0v) is 17.5. The van der Waals surface area contributed by atoms with Gasteiger partial charge in [-0.05, 0) is 61.2 Å². The average molecular weight is 419 g/mol. The van der Waals surface area contributed by atoms with Gasteiger partial charge in [-0.2, -0.15) is 4.98 Å². The number of rotatable bonds is 5. The number of hydrogen-bond acceptors (Lipinski definition) is 6. The molecule has 5 rings (SSSR count). The molecule has 1 aliphatic rings. The standard InChI is InChI=1S/C23H26N6O2/c1-2-9-28-10-7-17(8-11-28)26-22(30)19-13-25-21-6-4-16(14-29(19)21)15-3-5-20-18(12-15)27-23(24)31-20/h3-6,12-14,17H,2,7-11H2,1H3,(H2,24,27)(H,26,30). The monoisotopic (exact) mass is 418 g/mol. The molecule has 4 heterocycles. The van der Waals surface area contributed by atoms with Gasteiger partial charge in [0.05, 0.1) is 6.20 Å². The fraction of sp³-hybridized carbons (Fsp3) is 0.348. The number of likely N-dealkylation sites (tertiary alicyclic amines) is 1. The highest BCUT2D eigenvalue weighted by atomic mass is 16.4. The summed E-state index contributed by atoms with van der Waals surface area (Å²) in [5.41, 5.74) is 10.2. The lowest BCUT2D eigenvalue weighted by molar-refractivity contribution is 0.0905. The lowest BCUT2D eigenvalue weighted by Crippen LogP contribution is -2.45. The van der Waals surface area contributed by atoms with Gasteiger partial charge in [0.1, 0.15) is 16.9 Å². The third-order valence-corrected chi connectivity index (χ3v) is 5.94. The van der Waals surface area contributed by atoms with E-state index in [1.165, 1.54) is 0 Å². The number of nitrogen functional groups attached to an aromatic ring is 1. The number of amides is 1. The Hall–Kier alpha value is -3.39. The molecule has 0 aliphatic carbocycles. The fourth-order valence-electron chi connectivity index (χ4n) is 4.32. The molecular weight excluding hydrogens is 392 g/mol. The summed E-state index contributed by atoms with van der Waals surface area (Å²) in [5.74, 6) is -0.0849. The Balaban J connectivity index is 1.38. The highest BCUT2D eigenvalue weighted by Crippen LogP contribution is 2.26. The maximum Gasteiger partial charge on any atom is 0.292 e. The molecular formula is C23H26N6O2. The van der Waals surface area contributed by atoms with E-state index in [9.17, 15) is 4.79 Å². The van der Waals surface area contributed by atoms with Crippen molar-refractivity contribution >= 4 is 28.7 Å². The molecule has 1 fully saturated rings. The van der Waals surface area contributed by atoms with Gasteiger partial charge in [-0.25, -0.2) is 4.98 Å². The average Bonchev–Trinajstić information content (AvgIpc) is 3.36. The normalized spacial score (nSPS) is 15.6. The molecule has 8 nitrogen and oxygen atoms in total. The number of carbonyl (C=O) groups is 1. The van der Waals surface area contributed by atoms with Gasteiger partial charge in [-0.15, -0.1) is 0 Å². The Morgan fingerprint density at radius 2 is 2.03 bits per heavy atom. The van der Waals surface area contributed by atoms with Gasteiger partial charge >= 0.3 is 0 Å². The number of nitrogens with zero attached hydrogens (tertiary/aromatic N) is 4. The van der Waals surface area contributed by atoms with E-state index in [2.05, 4.69) is 27.1 Å². The quantitative estimate of drug-likeness (QED) is 0.515. The maximum atomic E-state index is 13.0. The van der Waals surface area contributed by atoms with E-state index in [4.69, 9.17) is 10.2 Å². The Labute approximate surface area is 180 Å². The molecule has 1 aromatic carbocycles. The number of oxazole rings is 1. The van der Waals surface area contributed by atoms with Crippen molar-refractivity contribution in [3.05, 3.63) is 48.4 Å². The largest absolute Gasteiger partial charge is 0.424 e. The van der Waals surface area contributed by atoms with Gasteiger partial charge in [0.15, 0.2) is 5.58 Å². The molecule has 1 aliphatic heterocycles. The topological polar surface area (TPSA) is 102 Å². The number of benzene rings is 1. The molecule has 4 aromatic rings. The molecule has 1 saturated heterocycles. The van der Waals surface area contributed by atoms with Crippen LogP contribution in [-0.2, 0) is 0 Å². The van der Waals surface area contributed by atoms with Crippen LogP contribution < -0.4 is 11.1 Å². The third-order valence-electron chi connectivity index (χ3n) is 5.94. The van der Waals surface area contributed by atoms with Crippen molar-refractivity contribution in [2.75, 3.05) is 25.4 Å². The molecule has 160 valence electrons. The number of nitrogens with two attached hydrogens (primary N) is 1. The van der Waals surface area contributed by atoms with E-state index in [0.717, 1.165) is 55.7 Å². The van der Waals surface area contributed by atoms with E-state index < -0.39 is 0 Å². The Kier molecular flexibility index (Phi) is 5.07. The first-order chi connectivity index (χ1) is 15.1. The Bertz CT molecular complexity index is 1240. The summed E-state index contributed by atoms with van der Waals surface area (Å²) in [6.07, 6.45) is 6.70. The summed E-state index contributed by atoms with van der Waals surface area (Å²) in [6, 6.07) is 9.98. The summed E-state index contributed by atoms with van der Waals surface area (Å²) in [6.45, 7) is 5.39.